The van der Waals surface area contributed by atoms with Gasteiger partial charge in [-0.1, -0.05) is 17.3 Å². The monoisotopic (exact) mass is 484 g/mol. The number of halogens is 1. The van der Waals surface area contributed by atoms with Gasteiger partial charge in [-0.2, -0.15) is 9.50 Å². The summed E-state index contributed by atoms with van der Waals surface area (Å²) in [5, 5.41) is 17.4. The Bertz CT molecular complexity index is 1490. The molecule has 1 saturated heterocycles. The van der Waals surface area contributed by atoms with Crippen molar-refractivity contribution in [3.63, 3.8) is 0 Å². The van der Waals surface area contributed by atoms with Crippen LogP contribution in [0.2, 0.25) is 0 Å². The third kappa shape index (κ3) is 4.49. The van der Waals surface area contributed by atoms with Crippen molar-refractivity contribution >= 4 is 17.2 Å². The van der Waals surface area contributed by atoms with Crippen molar-refractivity contribution in [2.75, 3.05) is 36.0 Å². The highest BCUT2D eigenvalue weighted by Gasteiger charge is 2.20. The Balaban J connectivity index is 1.13. The fourth-order valence-electron chi connectivity index (χ4n) is 4.46. The molecule has 182 valence electrons. The van der Waals surface area contributed by atoms with Gasteiger partial charge in [-0.25, -0.2) is 4.39 Å². The van der Waals surface area contributed by atoms with Gasteiger partial charge in [-0.3, -0.25) is 0 Å². The van der Waals surface area contributed by atoms with Crippen LogP contribution in [0.25, 0.3) is 17.0 Å². The number of nitrogens with zero attached hydrogens (tertiary/aromatic N) is 8. The molecule has 10 heteroatoms. The summed E-state index contributed by atoms with van der Waals surface area (Å²) in [6.07, 6.45) is 1.04. The fraction of sp³-hybridized carbons (Fsp3) is 0.269. The largest absolute Gasteiger partial charge is 0.368 e. The summed E-state index contributed by atoms with van der Waals surface area (Å²) >= 11 is 0. The quantitative estimate of drug-likeness (QED) is 0.360. The van der Waals surface area contributed by atoms with E-state index in [0.29, 0.717) is 35.8 Å². The van der Waals surface area contributed by atoms with Crippen LogP contribution in [0, 0.1) is 12.7 Å². The highest BCUT2D eigenvalue weighted by Crippen LogP contribution is 2.21. The van der Waals surface area contributed by atoms with Crippen molar-refractivity contribution in [3.8, 4) is 11.4 Å². The van der Waals surface area contributed by atoms with Crippen LogP contribution < -0.4 is 9.80 Å². The molecular formula is C26H25FN8O. The predicted molar refractivity (Wildman–Crippen MR) is 133 cm³/mol. The molecule has 0 radical (unpaired) electrons. The lowest BCUT2D eigenvalue weighted by Gasteiger charge is -2.36. The first-order valence-electron chi connectivity index (χ1n) is 12.0. The molecular weight excluding hydrogens is 459 g/mol. The summed E-state index contributed by atoms with van der Waals surface area (Å²) in [7, 11) is 0. The van der Waals surface area contributed by atoms with E-state index < -0.39 is 0 Å². The first-order chi connectivity index (χ1) is 17.6. The average Bonchev–Trinajstić information content (AvgIpc) is 3.55. The molecule has 3 aromatic heterocycles. The second-order valence-corrected chi connectivity index (χ2v) is 8.91. The number of aryl methyl sites for hydroxylation is 3. The molecule has 1 aliphatic heterocycles. The number of benzene rings is 2. The van der Waals surface area contributed by atoms with Gasteiger partial charge in [-0.15, -0.1) is 15.3 Å². The number of aromatic nitrogens is 6. The molecule has 1 fully saturated rings. The minimum atomic E-state index is -0.304. The smallest absolute Gasteiger partial charge is 0.227 e. The van der Waals surface area contributed by atoms with Gasteiger partial charge >= 0.3 is 0 Å². The Labute approximate surface area is 207 Å². The SMILES string of the molecule is Cc1cccc(N2CCN(c3ccc4nnc(CCc5nc(-c6ccc(F)cc6)no5)n4n3)CC2)c1. The van der Waals surface area contributed by atoms with Gasteiger partial charge in [0.15, 0.2) is 11.5 Å². The van der Waals surface area contributed by atoms with Crippen molar-refractivity contribution in [2.45, 2.75) is 19.8 Å². The van der Waals surface area contributed by atoms with Crippen molar-refractivity contribution in [2.24, 2.45) is 0 Å². The van der Waals surface area contributed by atoms with E-state index in [2.05, 4.69) is 61.3 Å². The number of hydrogen-bond acceptors (Lipinski definition) is 8. The fourth-order valence-corrected chi connectivity index (χ4v) is 4.46. The zero-order valence-corrected chi connectivity index (χ0v) is 19.9. The van der Waals surface area contributed by atoms with E-state index in [4.69, 9.17) is 9.62 Å². The van der Waals surface area contributed by atoms with E-state index in [0.717, 1.165) is 37.8 Å². The Morgan fingerprint density at radius 3 is 2.50 bits per heavy atom. The van der Waals surface area contributed by atoms with E-state index in [-0.39, 0.29) is 5.82 Å². The Morgan fingerprint density at radius 1 is 0.889 bits per heavy atom. The number of rotatable bonds is 6. The number of piperazine rings is 1. The van der Waals surface area contributed by atoms with Gasteiger partial charge in [-0.05, 0) is 61.0 Å². The van der Waals surface area contributed by atoms with Crippen LogP contribution in [0.3, 0.4) is 0 Å². The van der Waals surface area contributed by atoms with E-state index in [1.807, 2.05) is 12.1 Å². The molecule has 1 aliphatic rings. The molecule has 2 aromatic carbocycles. The molecule has 5 aromatic rings. The highest BCUT2D eigenvalue weighted by molar-refractivity contribution is 5.54. The Morgan fingerprint density at radius 2 is 1.69 bits per heavy atom. The molecule has 0 spiro atoms. The van der Waals surface area contributed by atoms with Crippen molar-refractivity contribution < 1.29 is 8.91 Å². The number of hydrogen-bond donors (Lipinski definition) is 0. The second-order valence-electron chi connectivity index (χ2n) is 8.91. The van der Waals surface area contributed by atoms with Crippen LogP contribution in [-0.4, -0.2) is 56.1 Å². The van der Waals surface area contributed by atoms with Gasteiger partial charge in [0, 0.05) is 50.3 Å². The van der Waals surface area contributed by atoms with E-state index in [1.54, 1.807) is 16.6 Å². The third-order valence-corrected chi connectivity index (χ3v) is 6.42. The van der Waals surface area contributed by atoms with E-state index in [9.17, 15) is 4.39 Å². The maximum Gasteiger partial charge on any atom is 0.227 e. The van der Waals surface area contributed by atoms with Crippen LogP contribution in [0.4, 0.5) is 15.9 Å². The maximum atomic E-state index is 13.2. The third-order valence-electron chi connectivity index (χ3n) is 6.42. The van der Waals surface area contributed by atoms with Crippen LogP contribution >= 0.6 is 0 Å². The van der Waals surface area contributed by atoms with Gasteiger partial charge < -0.3 is 14.3 Å². The molecule has 0 unspecified atom stereocenters. The Hall–Kier alpha value is -4.34. The zero-order chi connectivity index (χ0) is 24.5. The summed E-state index contributed by atoms with van der Waals surface area (Å²) in [5.74, 6) is 2.24. The molecule has 0 N–H and O–H groups in total. The van der Waals surface area contributed by atoms with Crippen LogP contribution in [0.15, 0.2) is 65.2 Å². The lowest BCUT2D eigenvalue weighted by molar-refractivity contribution is 0.377. The van der Waals surface area contributed by atoms with Crippen molar-refractivity contribution in [1.29, 1.82) is 0 Å². The molecule has 36 heavy (non-hydrogen) atoms. The molecule has 4 heterocycles. The van der Waals surface area contributed by atoms with Crippen LogP contribution in [0.5, 0.6) is 0 Å². The Kier molecular flexibility index (Phi) is 5.76. The number of anilines is 2. The van der Waals surface area contributed by atoms with Gasteiger partial charge in [0.2, 0.25) is 11.7 Å². The maximum absolute atomic E-state index is 13.2. The minimum absolute atomic E-state index is 0.304. The lowest BCUT2D eigenvalue weighted by Crippen LogP contribution is -2.47. The average molecular weight is 485 g/mol. The van der Waals surface area contributed by atoms with Crippen molar-refractivity contribution in [1.82, 2.24) is 30.0 Å². The lowest BCUT2D eigenvalue weighted by atomic mass is 10.2. The summed E-state index contributed by atoms with van der Waals surface area (Å²) in [4.78, 5) is 9.13. The van der Waals surface area contributed by atoms with E-state index >= 15 is 0 Å². The topological polar surface area (TPSA) is 88.5 Å². The summed E-state index contributed by atoms with van der Waals surface area (Å²) in [5.41, 5.74) is 3.94. The van der Waals surface area contributed by atoms with Crippen LogP contribution in [0.1, 0.15) is 17.3 Å². The zero-order valence-electron chi connectivity index (χ0n) is 19.9. The predicted octanol–water partition coefficient (Wildman–Crippen LogP) is 3.73. The second kappa shape index (κ2) is 9.37. The highest BCUT2D eigenvalue weighted by atomic mass is 19.1. The summed E-state index contributed by atoms with van der Waals surface area (Å²) < 4.78 is 20.3. The molecule has 0 amide bonds. The molecule has 0 atom stereocenters. The van der Waals surface area contributed by atoms with E-state index in [1.165, 1.54) is 23.4 Å². The summed E-state index contributed by atoms with van der Waals surface area (Å²) in [6.45, 7) is 5.77. The van der Waals surface area contributed by atoms with Gasteiger partial charge in [0.05, 0.1) is 0 Å². The normalized spacial score (nSPS) is 14.1. The summed E-state index contributed by atoms with van der Waals surface area (Å²) in [6, 6.07) is 18.6. The van der Waals surface area contributed by atoms with Gasteiger partial charge in [0.1, 0.15) is 11.6 Å². The molecule has 9 nitrogen and oxygen atoms in total. The standard InChI is InChI=1S/C26H25FN8O/c1-18-3-2-4-21(17-18)33-13-15-34(16-14-33)24-10-9-22-29-30-23(35(22)31-24)11-12-25-28-26(32-36-25)19-5-7-20(27)8-6-19/h2-10,17H,11-16H2,1H3. The van der Waals surface area contributed by atoms with Gasteiger partial charge in [0.25, 0.3) is 0 Å². The van der Waals surface area contributed by atoms with Crippen LogP contribution in [-0.2, 0) is 12.8 Å². The molecule has 0 saturated carbocycles. The molecule has 6 rings (SSSR count). The minimum Gasteiger partial charge on any atom is -0.368 e. The first-order valence-corrected chi connectivity index (χ1v) is 12.0. The first kappa shape index (κ1) is 22.1. The molecule has 0 aliphatic carbocycles. The van der Waals surface area contributed by atoms with Crippen molar-refractivity contribution in [3.05, 3.63) is 83.8 Å². The molecule has 0 bridgehead atoms. The number of fused-ring (bicyclic) bond motifs is 1.